The third kappa shape index (κ3) is 3.59. The van der Waals surface area contributed by atoms with Crippen molar-refractivity contribution in [1.29, 1.82) is 0 Å². The van der Waals surface area contributed by atoms with E-state index in [0.29, 0.717) is 21.7 Å². The molecule has 96 valence electrons. The third-order valence-corrected chi connectivity index (χ3v) is 3.53. The van der Waals surface area contributed by atoms with E-state index < -0.39 is 0 Å². The van der Waals surface area contributed by atoms with Crippen LogP contribution in [0.3, 0.4) is 0 Å². The number of anilines is 2. The molecule has 0 aliphatic rings. The molecule has 0 bridgehead atoms. The van der Waals surface area contributed by atoms with Gasteiger partial charge >= 0.3 is 0 Å². The molecule has 17 heavy (non-hydrogen) atoms. The van der Waals surface area contributed by atoms with E-state index in [1.165, 1.54) is 11.3 Å². The van der Waals surface area contributed by atoms with Gasteiger partial charge in [0.2, 0.25) is 0 Å². The molecule has 3 N–H and O–H groups in total. The lowest BCUT2D eigenvalue weighted by atomic mass is 10.1. The Morgan fingerprint density at radius 3 is 2.71 bits per heavy atom. The van der Waals surface area contributed by atoms with Gasteiger partial charge in [0.1, 0.15) is 10.7 Å². The molecule has 0 fully saturated rings. The van der Waals surface area contributed by atoms with Gasteiger partial charge in [0.15, 0.2) is 5.13 Å². The molecule has 0 atom stereocenters. The van der Waals surface area contributed by atoms with Crippen molar-refractivity contribution >= 4 is 28.2 Å². The minimum atomic E-state index is -0.0536. The molecule has 6 heteroatoms. The number of carbonyl (C=O) groups is 1. The number of nitrogens with zero attached hydrogens (tertiary/aromatic N) is 2. The highest BCUT2D eigenvalue weighted by molar-refractivity contribution is 7.18. The molecule has 0 aliphatic heterocycles. The van der Waals surface area contributed by atoms with E-state index in [1.54, 1.807) is 19.0 Å². The molecule has 0 saturated heterocycles. The van der Waals surface area contributed by atoms with Gasteiger partial charge in [-0.25, -0.2) is 4.98 Å². The number of hydrogen-bond acceptors (Lipinski definition) is 5. The van der Waals surface area contributed by atoms with Crippen molar-refractivity contribution in [2.75, 3.05) is 31.7 Å². The smallest absolute Gasteiger partial charge is 0.267 e. The summed E-state index contributed by atoms with van der Waals surface area (Å²) in [7, 11) is 3.55. The topological polar surface area (TPSA) is 71.2 Å². The lowest BCUT2D eigenvalue weighted by Gasteiger charge is -2.17. The van der Waals surface area contributed by atoms with Crippen LogP contribution < -0.4 is 11.1 Å². The Balaban J connectivity index is 2.70. The van der Waals surface area contributed by atoms with Crippen molar-refractivity contribution in [3.63, 3.8) is 0 Å². The van der Waals surface area contributed by atoms with Crippen molar-refractivity contribution < 1.29 is 4.79 Å². The van der Waals surface area contributed by atoms with Crippen LogP contribution in [0.15, 0.2) is 0 Å². The zero-order valence-corrected chi connectivity index (χ0v) is 11.6. The lowest BCUT2D eigenvalue weighted by Crippen LogP contribution is -2.28. The monoisotopic (exact) mass is 256 g/mol. The average molecular weight is 256 g/mol. The number of hydrogen-bond donors (Lipinski definition) is 2. The van der Waals surface area contributed by atoms with Gasteiger partial charge in [0.05, 0.1) is 0 Å². The second kappa shape index (κ2) is 5.86. The quantitative estimate of drug-likeness (QED) is 0.844. The van der Waals surface area contributed by atoms with E-state index in [0.717, 1.165) is 13.0 Å². The van der Waals surface area contributed by atoms with Crippen molar-refractivity contribution in [3.05, 3.63) is 4.88 Å². The Labute approximate surface area is 106 Å². The zero-order valence-electron chi connectivity index (χ0n) is 10.8. The van der Waals surface area contributed by atoms with Crippen LogP contribution in [0.25, 0.3) is 0 Å². The molecule has 1 aromatic rings. The minimum absolute atomic E-state index is 0.0536. The predicted molar refractivity (Wildman–Crippen MR) is 72.5 cm³/mol. The number of nitrogen functional groups attached to an aromatic ring is 1. The first-order valence-corrected chi connectivity index (χ1v) is 6.46. The SMILES string of the molecule is CNc1nc(N)c(C(=O)N(C)CCC(C)C)s1. The highest BCUT2D eigenvalue weighted by Crippen LogP contribution is 2.25. The molecule has 0 radical (unpaired) electrons. The molecule has 1 heterocycles. The number of rotatable bonds is 5. The zero-order chi connectivity index (χ0) is 13.0. The number of carbonyl (C=O) groups excluding carboxylic acids is 1. The fourth-order valence-electron chi connectivity index (χ4n) is 1.32. The Morgan fingerprint density at radius 1 is 1.59 bits per heavy atom. The van der Waals surface area contributed by atoms with Gasteiger partial charge in [-0.2, -0.15) is 0 Å². The van der Waals surface area contributed by atoms with E-state index >= 15 is 0 Å². The summed E-state index contributed by atoms with van der Waals surface area (Å²) in [4.78, 5) is 18.4. The van der Waals surface area contributed by atoms with E-state index in [9.17, 15) is 4.79 Å². The molecular formula is C11H20N4OS. The van der Waals surface area contributed by atoms with Gasteiger partial charge in [0, 0.05) is 20.6 Å². The maximum atomic E-state index is 12.1. The summed E-state index contributed by atoms with van der Waals surface area (Å²) in [6.45, 7) is 5.01. The molecule has 0 aliphatic carbocycles. The maximum absolute atomic E-state index is 12.1. The van der Waals surface area contributed by atoms with Crippen LogP contribution in [0.2, 0.25) is 0 Å². The molecule has 1 aromatic heterocycles. The fraction of sp³-hybridized carbons (Fsp3) is 0.636. The lowest BCUT2D eigenvalue weighted by molar-refractivity contribution is 0.0794. The van der Waals surface area contributed by atoms with Crippen molar-refractivity contribution in [2.24, 2.45) is 5.92 Å². The molecule has 0 unspecified atom stereocenters. The molecular weight excluding hydrogens is 236 g/mol. The van der Waals surface area contributed by atoms with E-state index in [-0.39, 0.29) is 5.91 Å². The van der Waals surface area contributed by atoms with E-state index in [4.69, 9.17) is 5.73 Å². The summed E-state index contributed by atoms with van der Waals surface area (Å²) in [5, 5.41) is 3.56. The Hall–Kier alpha value is -1.30. The van der Waals surface area contributed by atoms with Gasteiger partial charge in [-0.15, -0.1) is 0 Å². The number of nitrogens with two attached hydrogens (primary N) is 1. The van der Waals surface area contributed by atoms with Crippen LogP contribution in [-0.4, -0.2) is 36.4 Å². The Bertz CT molecular complexity index is 389. The minimum Gasteiger partial charge on any atom is -0.382 e. The summed E-state index contributed by atoms with van der Waals surface area (Å²) >= 11 is 1.29. The molecule has 5 nitrogen and oxygen atoms in total. The second-order valence-corrected chi connectivity index (χ2v) is 5.39. The summed E-state index contributed by atoms with van der Waals surface area (Å²) < 4.78 is 0. The first kappa shape index (κ1) is 13.8. The molecule has 0 spiro atoms. The second-order valence-electron chi connectivity index (χ2n) is 4.39. The average Bonchev–Trinajstić information content (AvgIpc) is 2.66. The summed E-state index contributed by atoms with van der Waals surface area (Å²) in [6.07, 6.45) is 0.986. The normalized spacial score (nSPS) is 10.6. The van der Waals surface area contributed by atoms with Crippen LogP contribution in [0.5, 0.6) is 0 Å². The van der Waals surface area contributed by atoms with Crippen LogP contribution >= 0.6 is 11.3 Å². The molecule has 0 aromatic carbocycles. The van der Waals surface area contributed by atoms with Crippen LogP contribution in [0, 0.1) is 5.92 Å². The van der Waals surface area contributed by atoms with Gasteiger partial charge in [-0.3, -0.25) is 4.79 Å². The van der Waals surface area contributed by atoms with Crippen LogP contribution in [0.4, 0.5) is 10.9 Å². The van der Waals surface area contributed by atoms with E-state index in [2.05, 4.69) is 24.1 Å². The standard InChI is InChI=1S/C11H20N4OS/c1-7(2)5-6-15(4)10(16)8-9(12)14-11(13-3)17-8/h7H,5-6,12H2,1-4H3,(H,13,14). The third-order valence-electron chi connectivity index (χ3n) is 2.45. The van der Waals surface area contributed by atoms with Crippen LogP contribution in [-0.2, 0) is 0 Å². The first-order valence-electron chi connectivity index (χ1n) is 5.65. The van der Waals surface area contributed by atoms with Crippen molar-refractivity contribution in [1.82, 2.24) is 9.88 Å². The molecule has 1 amide bonds. The Kier molecular flexibility index (Phi) is 4.74. The van der Waals surface area contributed by atoms with Gasteiger partial charge < -0.3 is 16.0 Å². The fourth-order valence-corrected chi connectivity index (χ4v) is 2.15. The number of thiazole rings is 1. The van der Waals surface area contributed by atoms with Crippen molar-refractivity contribution in [2.45, 2.75) is 20.3 Å². The predicted octanol–water partition coefficient (Wildman–Crippen LogP) is 1.89. The number of nitrogens with one attached hydrogen (secondary N) is 1. The Morgan fingerprint density at radius 2 is 2.24 bits per heavy atom. The van der Waals surface area contributed by atoms with E-state index in [1.807, 2.05) is 0 Å². The van der Waals surface area contributed by atoms with Gasteiger partial charge in [0.25, 0.3) is 5.91 Å². The highest BCUT2D eigenvalue weighted by atomic mass is 32.1. The summed E-state index contributed by atoms with van der Waals surface area (Å²) in [6, 6.07) is 0. The highest BCUT2D eigenvalue weighted by Gasteiger charge is 2.19. The summed E-state index contributed by atoms with van der Waals surface area (Å²) in [5.74, 6) is 0.833. The number of amides is 1. The molecule has 0 saturated carbocycles. The maximum Gasteiger partial charge on any atom is 0.267 e. The molecule has 1 rings (SSSR count). The first-order chi connectivity index (χ1) is 7.95. The van der Waals surface area contributed by atoms with Gasteiger partial charge in [-0.05, 0) is 12.3 Å². The number of aromatic nitrogens is 1. The van der Waals surface area contributed by atoms with Crippen molar-refractivity contribution in [3.8, 4) is 0 Å². The van der Waals surface area contributed by atoms with Gasteiger partial charge in [-0.1, -0.05) is 25.2 Å². The van der Waals surface area contributed by atoms with Crippen LogP contribution in [0.1, 0.15) is 29.9 Å². The summed E-state index contributed by atoms with van der Waals surface area (Å²) in [5.41, 5.74) is 5.72. The largest absolute Gasteiger partial charge is 0.382 e.